The normalized spacial score (nSPS) is 11.8. The van der Waals surface area contributed by atoms with Crippen molar-refractivity contribution in [3.8, 4) is 0 Å². The van der Waals surface area contributed by atoms with Crippen LogP contribution in [0.25, 0.3) is 0 Å². The minimum atomic E-state index is -3.41. The van der Waals surface area contributed by atoms with Crippen molar-refractivity contribution in [3.63, 3.8) is 0 Å². The molecule has 72 valence electrons. The summed E-state index contributed by atoms with van der Waals surface area (Å²) in [6.07, 6.45) is 0. The van der Waals surface area contributed by atoms with Crippen molar-refractivity contribution < 1.29 is 17.3 Å². The Bertz CT molecular complexity index is 330. The van der Waals surface area contributed by atoms with Crippen LogP contribution in [0.2, 0.25) is 13.1 Å². The molecule has 0 aromatic heterocycles. The van der Waals surface area contributed by atoms with Gasteiger partial charge in [0.2, 0.25) is 0 Å². The molecule has 0 fully saturated rings. The van der Waals surface area contributed by atoms with Crippen molar-refractivity contribution in [2.75, 3.05) is 0 Å². The maximum absolute atomic E-state index is 13.3. The van der Waals surface area contributed by atoms with E-state index >= 15 is 0 Å². The van der Waals surface area contributed by atoms with Crippen LogP contribution in [0.15, 0.2) is 12.1 Å². The molecule has 0 saturated carbocycles. The first-order valence-corrected chi connectivity index (χ1v) is 6.54. The predicted molar refractivity (Wildman–Crippen MR) is 44.5 cm³/mol. The zero-order chi connectivity index (χ0) is 10.2. The Morgan fingerprint density at radius 2 is 1.54 bits per heavy atom. The van der Waals surface area contributed by atoms with Crippen molar-refractivity contribution in [1.29, 1.82) is 0 Å². The van der Waals surface area contributed by atoms with E-state index in [4.69, 9.17) is 0 Å². The molecule has 0 atom stereocenters. The van der Waals surface area contributed by atoms with Gasteiger partial charge < -0.3 is 4.11 Å². The number of benzene rings is 1. The van der Waals surface area contributed by atoms with Gasteiger partial charge in [-0.1, -0.05) is 6.07 Å². The van der Waals surface area contributed by atoms with E-state index in [2.05, 4.69) is 0 Å². The molecule has 1 aromatic rings. The van der Waals surface area contributed by atoms with E-state index in [-0.39, 0.29) is 5.19 Å². The van der Waals surface area contributed by atoms with E-state index in [0.717, 1.165) is 12.1 Å². The zero-order valence-electron chi connectivity index (χ0n) is 7.17. The maximum atomic E-state index is 13.3. The van der Waals surface area contributed by atoms with Crippen LogP contribution in [-0.4, -0.2) is 8.41 Å². The lowest BCUT2D eigenvalue weighted by Gasteiger charge is -2.12. The Labute approximate surface area is 74.4 Å². The van der Waals surface area contributed by atoms with E-state index in [1.807, 2.05) is 0 Å². The smallest absolute Gasteiger partial charge is 0.274 e. The third-order valence-electron chi connectivity index (χ3n) is 1.68. The average molecular weight is 208 g/mol. The maximum Gasteiger partial charge on any atom is 0.274 e. The Hall–Kier alpha value is -0.843. The first-order valence-electron chi connectivity index (χ1n) is 3.67. The van der Waals surface area contributed by atoms with Crippen LogP contribution in [0.3, 0.4) is 0 Å². The quantitative estimate of drug-likeness (QED) is 0.288. The molecular formula is C8H8F4Si. The summed E-state index contributed by atoms with van der Waals surface area (Å²) < 4.78 is 51.3. The molecule has 0 N–H and O–H groups in total. The highest BCUT2D eigenvalue weighted by Gasteiger charge is 2.29. The highest BCUT2D eigenvalue weighted by atomic mass is 28.4. The van der Waals surface area contributed by atoms with Crippen molar-refractivity contribution in [3.05, 3.63) is 29.6 Å². The third kappa shape index (κ3) is 1.91. The highest BCUT2D eigenvalue weighted by molar-refractivity contribution is 6.83. The molecule has 0 bridgehead atoms. The Morgan fingerprint density at radius 3 is 2.00 bits per heavy atom. The topological polar surface area (TPSA) is 0 Å². The first-order chi connectivity index (χ1) is 5.84. The molecule has 0 aliphatic carbocycles. The van der Waals surface area contributed by atoms with Crippen molar-refractivity contribution in [2.24, 2.45) is 0 Å². The first kappa shape index (κ1) is 10.2. The van der Waals surface area contributed by atoms with Gasteiger partial charge in [-0.25, -0.2) is 13.2 Å². The summed E-state index contributed by atoms with van der Waals surface area (Å²) in [7, 11) is -3.41. The summed E-state index contributed by atoms with van der Waals surface area (Å²) >= 11 is 0. The molecule has 0 saturated heterocycles. The SMILES string of the molecule is C[Si](C)(F)c1ccc(F)c(F)c1F. The summed E-state index contributed by atoms with van der Waals surface area (Å²) in [6, 6.07) is 1.70. The van der Waals surface area contributed by atoms with Crippen LogP contribution in [0, 0.1) is 17.5 Å². The fourth-order valence-electron chi connectivity index (χ4n) is 0.985. The van der Waals surface area contributed by atoms with Crippen LogP contribution < -0.4 is 5.19 Å². The molecule has 0 radical (unpaired) electrons. The third-order valence-corrected chi connectivity index (χ3v) is 3.34. The molecule has 0 unspecified atom stereocenters. The van der Waals surface area contributed by atoms with Gasteiger partial charge in [0.15, 0.2) is 17.5 Å². The van der Waals surface area contributed by atoms with E-state index in [1.165, 1.54) is 13.1 Å². The van der Waals surface area contributed by atoms with Gasteiger partial charge in [0.1, 0.15) is 0 Å². The number of hydrogen-bond acceptors (Lipinski definition) is 0. The standard InChI is InChI=1S/C8H8F4Si/c1-13(2,12)6-4-3-5(9)7(10)8(6)11/h3-4H,1-2H3. The molecule has 5 heteroatoms. The highest BCUT2D eigenvalue weighted by Crippen LogP contribution is 2.13. The molecule has 0 nitrogen and oxygen atoms in total. The lowest BCUT2D eigenvalue weighted by molar-refractivity contribution is 0.450. The Kier molecular flexibility index (Phi) is 2.47. The second-order valence-electron chi connectivity index (χ2n) is 3.20. The van der Waals surface area contributed by atoms with Crippen molar-refractivity contribution in [2.45, 2.75) is 13.1 Å². The summed E-state index contributed by atoms with van der Waals surface area (Å²) in [5, 5.41) is -0.341. The van der Waals surface area contributed by atoms with E-state index in [9.17, 15) is 17.3 Å². The summed E-state index contributed by atoms with van der Waals surface area (Å²) in [4.78, 5) is 0. The van der Waals surface area contributed by atoms with Crippen LogP contribution in [0.1, 0.15) is 0 Å². The minimum Gasteiger partial charge on any atom is -0.308 e. The van der Waals surface area contributed by atoms with Gasteiger partial charge in [-0.05, 0) is 19.2 Å². The van der Waals surface area contributed by atoms with E-state index in [0.29, 0.717) is 0 Å². The molecule has 0 spiro atoms. The lowest BCUT2D eigenvalue weighted by atomic mass is 10.3. The van der Waals surface area contributed by atoms with Crippen molar-refractivity contribution >= 4 is 13.6 Å². The fraction of sp³-hybridized carbons (Fsp3) is 0.250. The fourth-order valence-corrected chi connectivity index (χ4v) is 2.10. The van der Waals surface area contributed by atoms with Gasteiger partial charge in [0, 0.05) is 5.19 Å². The number of rotatable bonds is 1. The van der Waals surface area contributed by atoms with Crippen LogP contribution in [0.5, 0.6) is 0 Å². The van der Waals surface area contributed by atoms with Gasteiger partial charge in [0.25, 0.3) is 8.41 Å². The van der Waals surface area contributed by atoms with Gasteiger partial charge in [-0.3, -0.25) is 0 Å². The molecule has 0 heterocycles. The average Bonchev–Trinajstić information content (AvgIpc) is 1.98. The second kappa shape index (κ2) is 3.14. The molecule has 0 aliphatic heterocycles. The Morgan fingerprint density at radius 1 is 1.00 bits per heavy atom. The second-order valence-corrected chi connectivity index (χ2v) is 6.68. The molecule has 0 aliphatic rings. The van der Waals surface area contributed by atoms with Gasteiger partial charge >= 0.3 is 0 Å². The Balaban J connectivity index is 3.35. The van der Waals surface area contributed by atoms with Crippen LogP contribution in [-0.2, 0) is 0 Å². The van der Waals surface area contributed by atoms with E-state index < -0.39 is 25.9 Å². The molecular weight excluding hydrogens is 200 g/mol. The zero-order valence-corrected chi connectivity index (χ0v) is 8.17. The van der Waals surface area contributed by atoms with E-state index in [1.54, 1.807) is 0 Å². The van der Waals surface area contributed by atoms with Gasteiger partial charge in [-0.15, -0.1) is 0 Å². The largest absolute Gasteiger partial charge is 0.308 e. The molecule has 1 rings (SSSR count). The predicted octanol–water partition coefficient (Wildman–Crippen LogP) is 2.49. The monoisotopic (exact) mass is 208 g/mol. The molecule has 13 heavy (non-hydrogen) atoms. The van der Waals surface area contributed by atoms with Crippen LogP contribution in [0.4, 0.5) is 17.3 Å². The molecule has 1 aromatic carbocycles. The van der Waals surface area contributed by atoms with Crippen LogP contribution >= 0.6 is 0 Å². The molecule has 0 amide bonds. The summed E-state index contributed by atoms with van der Waals surface area (Å²) in [5.41, 5.74) is 0. The van der Waals surface area contributed by atoms with Gasteiger partial charge in [-0.2, -0.15) is 0 Å². The van der Waals surface area contributed by atoms with Gasteiger partial charge in [0.05, 0.1) is 0 Å². The number of hydrogen-bond donors (Lipinski definition) is 0. The number of halogens is 4. The lowest BCUT2D eigenvalue weighted by Crippen LogP contribution is -2.39. The van der Waals surface area contributed by atoms with Crippen molar-refractivity contribution in [1.82, 2.24) is 0 Å². The summed E-state index contributed by atoms with van der Waals surface area (Å²) in [6.45, 7) is 2.42. The summed E-state index contributed by atoms with van der Waals surface area (Å²) in [5.74, 6) is -4.30. The minimum absolute atomic E-state index is 0.341.